The quantitative estimate of drug-likeness (QED) is 0.426. The second-order valence-electron chi connectivity index (χ2n) is 3.85. The van der Waals surface area contributed by atoms with E-state index < -0.39 is 0 Å². The van der Waals surface area contributed by atoms with Crippen molar-refractivity contribution in [3.05, 3.63) is 24.3 Å². The summed E-state index contributed by atoms with van der Waals surface area (Å²) in [6.45, 7) is 5.61. The first-order chi connectivity index (χ1) is 6.72. The van der Waals surface area contributed by atoms with Crippen LogP contribution < -0.4 is 0 Å². The van der Waals surface area contributed by atoms with Crippen LogP contribution in [-0.4, -0.2) is 23.6 Å². The third kappa shape index (κ3) is 1.62. The van der Waals surface area contributed by atoms with Crippen LogP contribution in [0, 0.1) is 5.92 Å². The molecule has 2 unspecified atom stereocenters. The lowest BCUT2D eigenvalue weighted by Gasteiger charge is -2.39. The van der Waals surface area contributed by atoms with E-state index >= 15 is 0 Å². The predicted octanol–water partition coefficient (Wildman–Crippen LogP) is 1.70. The molecule has 78 valence electrons. The molecule has 1 fully saturated rings. The van der Waals surface area contributed by atoms with Gasteiger partial charge in [-0.15, -0.1) is 0 Å². The topological polar surface area (TPSA) is 47.9 Å². The Hall–Kier alpha value is -0.680. The Labute approximate surface area is 82.6 Å². The van der Waals surface area contributed by atoms with Crippen molar-refractivity contribution in [1.82, 2.24) is 0 Å². The molecular formula is C10H14O4. The first-order valence-electron chi connectivity index (χ1n) is 4.68. The van der Waals surface area contributed by atoms with E-state index in [9.17, 15) is 0 Å². The van der Waals surface area contributed by atoms with E-state index in [0.717, 1.165) is 12.0 Å². The fourth-order valence-corrected chi connectivity index (χ4v) is 2.00. The molecule has 4 atom stereocenters. The molecule has 0 amide bonds. The second kappa shape index (κ2) is 3.82. The normalized spacial score (nSPS) is 37.1. The molecule has 0 aromatic carbocycles. The summed E-state index contributed by atoms with van der Waals surface area (Å²) in [5.74, 6) is 0.0845. The summed E-state index contributed by atoms with van der Waals surface area (Å²) in [6, 6.07) is 0. The molecule has 1 saturated heterocycles. The molecule has 0 radical (unpaired) electrons. The lowest BCUT2D eigenvalue weighted by molar-refractivity contribution is -0.390. The Morgan fingerprint density at radius 2 is 2.36 bits per heavy atom. The highest BCUT2D eigenvalue weighted by atomic mass is 17.2. The van der Waals surface area contributed by atoms with Crippen molar-refractivity contribution in [2.75, 3.05) is 0 Å². The molecule has 4 heteroatoms. The van der Waals surface area contributed by atoms with Crippen LogP contribution in [0.2, 0.25) is 0 Å². The SMILES string of the molecule is C=C(C)C(OO)C1C[C@@H]2C=C[C@H]1OO2. The smallest absolute Gasteiger partial charge is 0.119 e. The van der Waals surface area contributed by atoms with Gasteiger partial charge in [0, 0.05) is 5.92 Å². The third-order valence-electron chi connectivity index (χ3n) is 2.72. The summed E-state index contributed by atoms with van der Waals surface area (Å²) in [5, 5.41) is 8.80. The van der Waals surface area contributed by atoms with Crippen LogP contribution in [0.15, 0.2) is 24.3 Å². The molecule has 3 rings (SSSR count). The Morgan fingerprint density at radius 1 is 1.57 bits per heavy atom. The van der Waals surface area contributed by atoms with Crippen molar-refractivity contribution in [3.8, 4) is 0 Å². The highest BCUT2D eigenvalue weighted by Gasteiger charge is 2.40. The predicted molar refractivity (Wildman–Crippen MR) is 49.3 cm³/mol. The van der Waals surface area contributed by atoms with Gasteiger partial charge in [-0.05, 0) is 18.9 Å². The Kier molecular flexibility index (Phi) is 2.69. The number of hydrogen-bond donors (Lipinski definition) is 1. The molecule has 2 heterocycles. The largest absolute Gasteiger partial charge is 0.251 e. The standard InChI is InChI=1S/C10H14O4/c1-6(2)10(12-11)8-5-7-3-4-9(8)14-13-7/h3-4,7-11H,1,5H2,2H3/t7-,8?,9+,10?/m0/s1. The summed E-state index contributed by atoms with van der Waals surface area (Å²) >= 11 is 0. The van der Waals surface area contributed by atoms with Crippen molar-refractivity contribution in [2.24, 2.45) is 5.92 Å². The van der Waals surface area contributed by atoms with Crippen molar-refractivity contribution in [3.63, 3.8) is 0 Å². The Morgan fingerprint density at radius 3 is 2.71 bits per heavy atom. The highest BCUT2D eigenvalue weighted by molar-refractivity contribution is 5.12. The minimum atomic E-state index is -0.378. The molecule has 0 spiro atoms. The van der Waals surface area contributed by atoms with E-state index in [1.54, 1.807) is 0 Å². The molecular weight excluding hydrogens is 184 g/mol. The molecule has 14 heavy (non-hydrogen) atoms. The molecule has 0 aromatic rings. The van der Waals surface area contributed by atoms with Crippen LogP contribution in [0.25, 0.3) is 0 Å². The zero-order valence-corrected chi connectivity index (χ0v) is 8.05. The molecule has 3 aliphatic rings. The van der Waals surface area contributed by atoms with Gasteiger partial charge in [-0.25, -0.2) is 14.7 Å². The number of fused-ring (bicyclic) bond motifs is 2. The van der Waals surface area contributed by atoms with E-state index in [1.807, 2.05) is 19.1 Å². The Balaban J connectivity index is 2.11. The summed E-state index contributed by atoms with van der Waals surface area (Å²) in [5.41, 5.74) is 0.794. The molecule has 0 saturated carbocycles. The van der Waals surface area contributed by atoms with Gasteiger partial charge >= 0.3 is 0 Å². The van der Waals surface area contributed by atoms with Gasteiger partial charge in [-0.2, -0.15) is 0 Å². The van der Waals surface area contributed by atoms with Gasteiger partial charge in [-0.1, -0.05) is 18.7 Å². The number of rotatable bonds is 3. The monoisotopic (exact) mass is 198 g/mol. The highest BCUT2D eigenvalue weighted by Crippen LogP contribution is 2.35. The fourth-order valence-electron chi connectivity index (χ4n) is 2.00. The molecule has 2 aliphatic heterocycles. The van der Waals surface area contributed by atoms with Gasteiger partial charge in [0.15, 0.2) is 0 Å². The number of hydrogen-bond acceptors (Lipinski definition) is 4. The summed E-state index contributed by atoms with van der Waals surface area (Å²) < 4.78 is 0. The summed E-state index contributed by atoms with van der Waals surface area (Å²) in [6.07, 6.45) is 4.15. The maximum Gasteiger partial charge on any atom is 0.119 e. The maximum atomic E-state index is 8.80. The van der Waals surface area contributed by atoms with Crippen LogP contribution >= 0.6 is 0 Å². The van der Waals surface area contributed by atoms with Gasteiger partial charge in [0.1, 0.15) is 18.3 Å². The second-order valence-corrected chi connectivity index (χ2v) is 3.85. The first-order valence-corrected chi connectivity index (χ1v) is 4.68. The fraction of sp³-hybridized carbons (Fsp3) is 0.600. The van der Waals surface area contributed by atoms with Crippen LogP contribution in [0.4, 0.5) is 0 Å². The van der Waals surface area contributed by atoms with Crippen molar-refractivity contribution in [1.29, 1.82) is 0 Å². The van der Waals surface area contributed by atoms with Crippen molar-refractivity contribution in [2.45, 2.75) is 31.7 Å². The van der Waals surface area contributed by atoms with Crippen LogP contribution in [0.5, 0.6) is 0 Å². The minimum Gasteiger partial charge on any atom is -0.251 e. The molecule has 2 bridgehead atoms. The average Bonchev–Trinajstić information content (AvgIpc) is 2.20. The summed E-state index contributed by atoms with van der Waals surface area (Å²) in [7, 11) is 0. The van der Waals surface area contributed by atoms with Gasteiger partial charge in [0.25, 0.3) is 0 Å². The van der Waals surface area contributed by atoms with Crippen LogP contribution in [-0.2, 0) is 14.7 Å². The average molecular weight is 198 g/mol. The van der Waals surface area contributed by atoms with Gasteiger partial charge in [-0.3, -0.25) is 5.26 Å². The third-order valence-corrected chi connectivity index (χ3v) is 2.72. The molecule has 1 N–H and O–H groups in total. The van der Waals surface area contributed by atoms with Gasteiger partial charge < -0.3 is 0 Å². The van der Waals surface area contributed by atoms with Crippen molar-refractivity contribution >= 4 is 0 Å². The molecule has 4 nitrogen and oxygen atoms in total. The lowest BCUT2D eigenvalue weighted by atomic mass is 9.82. The van der Waals surface area contributed by atoms with E-state index in [4.69, 9.17) is 15.0 Å². The van der Waals surface area contributed by atoms with E-state index in [2.05, 4.69) is 11.5 Å². The van der Waals surface area contributed by atoms with E-state index in [0.29, 0.717) is 0 Å². The summed E-state index contributed by atoms with van der Waals surface area (Å²) in [4.78, 5) is 14.6. The molecule has 1 aliphatic carbocycles. The van der Waals surface area contributed by atoms with Gasteiger partial charge in [0.2, 0.25) is 0 Å². The van der Waals surface area contributed by atoms with Crippen LogP contribution in [0.1, 0.15) is 13.3 Å². The lowest BCUT2D eigenvalue weighted by Crippen LogP contribution is -2.44. The molecule has 0 aromatic heterocycles. The minimum absolute atomic E-state index is 0.0259. The van der Waals surface area contributed by atoms with Crippen LogP contribution in [0.3, 0.4) is 0 Å². The Bertz CT molecular complexity index is 261. The zero-order valence-electron chi connectivity index (χ0n) is 8.05. The van der Waals surface area contributed by atoms with Crippen molar-refractivity contribution < 1.29 is 19.9 Å². The van der Waals surface area contributed by atoms with Gasteiger partial charge in [0.05, 0.1) is 0 Å². The first kappa shape index (κ1) is 9.86. The van der Waals surface area contributed by atoms with E-state index in [1.165, 1.54) is 0 Å². The zero-order chi connectivity index (χ0) is 10.1. The maximum absolute atomic E-state index is 8.80. The van der Waals surface area contributed by atoms with E-state index in [-0.39, 0.29) is 24.2 Å².